The Morgan fingerprint density at radius 2 is 2.07 bits per heavy atom. The SMILES string of the molecule is CN/N=C1\CCCCc2cc(N)ccc21. The average Bonchev–Trinajstić information content (AvgIpc) is 2.41. The van der Waals surface area contributed by atoms with Gasteiger partial charge in [-0.05, 0) is 43.4 Å². The fourth-order valence-electron chi connectivity index (χ4n) is 2.10. The maximum atomic E-state index is 5.80. The van der Waals surface area contributed by atoms with Crippen molar-refractivity contribution in [2.24, 2.45) is 5.10 Å². The fraction of sp³-hybridized carbons (Fsp3) is 0.417. The molecule has 0 aromatic heterocycles. The minimum absolute atomic E-state index is 0.847. The molecule has 1 aliphatic carbocycles. The van der Waals surface area contributed by atoms with Crippen LogP contribution in [-0.4, -0.2) is 12.8 Å². The van der Waals surface area contributed by atoms with Gasteiger partial charge in [-0.2, -0.15) is 5.10 Å². The van der Waals surface area contributed by atoms with Gasteiger partial charge in [0, 0.05) is 18.3 Å². The number of fused-ring (bicyclic) bond motifs is 1. The topological polar surface area (TPSA) is 50.4 Å². The van der Waals surface area contributed by atoms with Gasteiger partial charge < -0.3 is 11.2 Å². The first-order chi connectivity index (χ1) is 7.31. The van der Waals surface area contributed by atoms with Crippen LogP contribution in [0.15, 0.2) is 23.3 Å². The fourth-order valence-corrected chi connectivity index (χ4v) is 2.10. The number of nitrogens with two attached hydrogens (primary N) is 1. The summed E-state index contributed by atoms with van der Waals surface area (Å²) in [6.45, 7) is 0. The molecule has 0 spiro atoms. The molecular weight excluding hydrogens is 186 g/mol. The van der Waals surface area contributed by atoms with Gasteiger partial charge in [0.05, 0.1) is 5.71 Å². The maximum Gasteiger partial charge on any atom is 0.0677 e. The molecule has 0 unspecified atom stereocenters. The Morgan fingerprint density at radius 1 is 1.27 bits per heavy atom. The summed E-state index contributed by atoms with van der Waals surface area (Å²) in [5.41, 5.74) is 13.3. The van der Waals surface area contributed by atoms with Crippen molar-refractivity contribution >= 4 is 11.4 Å². The summed E-state index contributed by atoms with van der Waals surface area (Å²) in [6, 6.07) is 6.12. The Labute approximate surface area is 90.4 Å². The lowest BCUT2D eigenvalue weighted by atomic mass is 10.0. The van der Waals surface area contributed by atoms with Crippen LogP contribution in [0.25, 0.3) is 0 Å². The third-order valence-corrected chi connectivity index (χ3v) is 2.80. The van der Waals surface area contributed by atoms with Crippen molar-refractivity contribution in [3.8, 4) is 0 Å². The quantitative estimate of drug-likeness (QED) is 0.416. The minimum Gasteiger partial charge on any atom is -0.399 e. The predicted molar refractivity (Wildman–Crippen MR) is 64.0 cm³/mol. The summed E-state index contributed by atoms with van der Waals surface area (Å²) in [5, 5.41) is 4.34. The van der Waals surface area contributed by atoms with Gasteiger partial charge in [0.1, 0.15) is 0 Å². The van der Waals surface area contributed by atoms with Gasteiger partial charge in [-0.3, -0.25) is 0 Å². The molecule has 1 aromatic carbocycles. The van der Waals surface area contributed by atoms with Crippen molar-refractivity contribution in [3.05, 3.63) is 29.3 Å². The zero-order chi connectivity index (χ0) is 10.7. The Kier molecular flexibility index (Phi) is 2.90. The van der Waals surface area contributed by atoms with E-state index in [-0.39, 0.29) is 0 Å². The van der Waals surface area contributed by atoms with E-state index in [0.717, 1.165) is 24.2 Å². The molecule has 0 saturated heterocycles. The lowest BCUT2D eigenvalue weighted by Gasteiger charge is -2.08. The third-order valence-electron chi connectivity index (χ3n) is 2.80. The van der Waals surface area contributed by atoms with Crippen LogP contribution in [0.1, 0.15) is 30.4 Å². The van der Waals surface area contributed by atoms with E-state index in [4.69, 9.17) is 5.73 Å². The van der Waals surface area contributed by atoms with Crippen molar-refractivity contribution in [2.75, 3.05) is 12.8 Å². The molecular formula is C12H17N3. The lowest BCUT2D eigenvalue weighted by Crippen LogP contribution is -2.08. The highest BCUT2D eigenvalue weighted by Crippen LogP contribution is 2.22. The standard InChI is InChI=1S/C12H17N3/c1-14-15-12-5-3-2-4-9-8-10(13)6-7-11(9)12/h6-8,14H,2-5,13H2,1H3/b15-12+. The highest BCUT2D eigenvalue weighted by molar-refractivity contribution is 6.02. The lowest BCUT2D eigenvalue weighted by molar-refractivity contribution is 0.771. The summed E-state index contributed by atoms with van der Waals surface area (Å²) in [5.74, 6) is 0. The monoisotopic (exact) mass is 203 g/mol. The molecule has 80 valence electrons. The maximum absolute atomic E-state index is 5.80. The van der Waals surface area contributed by atoms with Crippen molar-refractivity contribution in [2.45, 2.75) is 25.7 Å². The number of benzene rings is 1. The normalized spacial score (nSPS) is 18.3. The molecule has 0 radical (unpaired) electrons. The first-order valence-corrected chi connectivity index (χ1v) is 5.43. The zero-order valence-corrected chi connectivity index (χ0v) is 9.09. The molecule has 0 fully saturated rings. The first-order valence-electron chi connectivity index (χ1n) is 5.43. The predicted octanol–water partition coefficient (Wildman–Crippen LogP) is 1.92. The summed E-state index contributed by atoms with van der Waals surface area (Å²) in [4.78, 5) is 0. The molecule has 0 amide bonds. The van der Waals surface area contributed by atoms with Crippen molar-refractivity contribution in [1.29, 1.82) is 0 Å². The summed E-state index contributed by atoms with van der Waals surface area (Å²) < 4.78 is 0. The van der Waals surface area contributed by atoms with Crippen LogP contribution in [0.2, 0.25) is 0 Å². The van der Waals surface area contributed by atoms with E-state index in [1.165, 1.54) is 24.0 Å². The van der Waals surface area contributed by atoms with E-state index in [1.807, 2.05) is 13.1 Å². The van der Waals surface area contributed by atoms with Crippen LogP contribution in [-0.2, 0) is 6.42 Å². The van der Waals surface area contributed by atoms with Crippen molar-refractivity contribution in [1.82, 2.24) is 5.43 Å². The van der Waals surface area contributed by atoms with E-state index in [1.54, 1.807) is 0 Å². The number of hydrazone groups is 1. The Balaban J connectivity index is 2.45. The molecule has 3 N–H and O–H groups in total. The summed E-state index contributed by atoms with van der Waals surface area (Å²) in [6.07, 6.45) is 4.59. The van der Waals surface area contributed by atoms with E-state index in [0.29, 0.717) is 0 Å². The number of hydrogen-bond donors (Lipinski definition) is 2. The van der Waals surface area contributed by atoms with Gasteiger partial charge in [0.15, 0.2) is 0 Å². The highest BCUT2D eigenvalue weighted by atomic mass is 15.3. The number of nitrogen functional groups attached to an aromatic ring is 1. The van der Waals surface area contributed by atoms with Gasteiger partial charge in [-0.25, -0.2) is 0 Å². The largest absolute Gasteiger partial charge is 0.399 e. The molecule has 0 heterocycles. The molecule has 2 rings (SSSR count). The number of anilines is 1. The summed E-state index contributed by atoms with van der Waals surface area (Å²) in [7, 11) is 1.84. The smallest absolute Gasteiger partial charge is 0.0677 e. The van der Waals surface area contributed by atoms with Gasteiger partial charge in [-0.1, -0.05) is 6.07 Å². The van der Waals surface area contributed by atoms with Crippen molar-refractivity contribution in [3.63, 3.8) is 0 Å². The van der Waals surface area contributed by atoms with Crippen LogP contribution in [0.4, 0.5) is 5.69 Å². The van der Waals surface area contributed by atoms with Crippen LogP contribution >= 0.6 is 0 Å². The van der Waals surface area contributed by atoms with Gasteiger partial charge >= 0.3 is 0 Å². The Bertz CT molecular complexity index is 382. The molecule has 0 bridgehead atoms. The second-order valence-corrected chi connectivity index (χ2v) is 3.91. The number of rotatable bonds is 1. The van der Waals surface area contributed by atoms with E-state index in [2.05, 4.69) is 22.7 Å². The Morgan fingerprint density at radius 3 is 2.87 bits per heavy atom. The van der Waals surface area contributed by atoms with E-state index in [9.17, 15) is 0 Å². The molecule has 1 aromatic rings. The third kappa shape index (κ3) is 2.12. The molecule has 15 heavy (non-hydrogen) atoms. The second kappa shape index (κ2) is 4.34. The number of nitrogens with zero attached hydrogens (tertiary/aromatic N) is 1. The molecule has 3 heteroatoms. The van der Waals surface area contributed by atoms with Crippen LogP contribution < -0.4 is 11.2 Å². The Hall–Kier alpha value is -1.51. The van der Waals surface area contributed by atoms with Crippen LogP contribution in [0, 0.1) is 0 Å². The number of nitrogens with one attached hydrogen (secondary N) is 1. The summed E-state index contributed by atoms with van der Waals surface area (Å²) >= 11 is 0. The second-order valence-electron chi connectivity index (χ2n) is 3.91. The number of aryl methyl sites for hydroxylation is 1. The minimum atomic E-state index is 0.847. The van der Waals surface area contributed by atoms with E-state index < -0.39 is 0 Å². The molecule has 3 nitrogen and oxygen atoms in total. The molecule has 0 saturated carbocycles. The number of hydrogen-bond acceptors (Lipinski definition) is 3. The highest BCUT2D eigenvalue weighted by Gasteiger charge is 2.13. The van der Waals surface area contributed by atoms with Gasteiger partial charge in [0.2, 0.25) is 0 Å². The van der Waals surface area contributed by atoms with Crippen LogP contribution in [0.3, 0.4) is 0 Å². The zero-order valence-electron chi connectivity index (χ0n) is 9.09. The van der Waals surface area contributed by atoms with Gasteiger partial charge in [-0.15, -0.1) is 0 Å². The molecule has 0 aliphatic heterocycles. The van der Waals surface area contributed by atoms with Crippen LogP contribution in [0.5, 0.6) is 0 Å². The van der Waals surface area contributed by atoms with Crippen molar-refractivity contribution < 1.29 is 0 Å². The molecule has 0 atom stereocenters. The first kappa shape index (κ1) is 10.0. The van der Waals surface area contributed by atoms with Gasteiger partial charge in [0.25, 0.3) is 0 Å². The van der Waals surface area contributed by atoms with E-state index >= 15 is 0 Å². The molecule has 1 aliphatic rings. The average molecular weight is 203 g/mol.